The number of esters is 1. The Morgan fingerprint density at radius 1 is 1.29 bits per heavy atom. The molecular formula is C16H16N2O6. The van der Waals surface area contributed by atoms with Crippen LogP contribution in [0.4, 0.5) is 0 Å². The number of aromatic nitrogens is 1. The molecule has 2 heterocycles. The number of benzene rings is 1. The van der Waals surface area contributed by atoms with Crippen molar-refractivity contribution in [2.24, 2.45) is 5.92 Å². The molecule has 1 aromatic carbocycles. The van der Waals surface area contributed by atoms with Gasteiger partial charge < -0.3 is 20.4 Å². The van der Waals surface area contributed by atoms with E-state index in [1.807, 2.05) is 0 Å². The first-order chi connectivity index (χ1) is 11.5. The van der Waals surface area contributed by atoms with Crippen LogP contribution in [0.15, 0.2) is 30.5 Å². The molecule has 2 aromatic rings. The molecule has 0 amide bonds. The van der Waals surface area contributed by atoms with Gasteiger partial charge in [0.15, 0.2) is 11.8 Å². The smallest absolute Gasteiger partial charge is 0.328 e. The summed E-state index contributed by atoms with van der Waals surface area (Å²) in [5, 5.41) is 19.7. The van der Waals surface area contributed by atoms with Gasteiger partial charge in [-0.2, -0.15) is 0 Å². The fourth-order valence-electron chi connectivity index (χ4n) is 2.80. The van der Waals surface area contributed by atoms with Gasteiger partial charge in [-0.05, 0) is 12.1 Å². The van der Waals surface area contributed by atoms with Crippen molar-refractivity contribution in [3.8, 4) is 5.75 Å². The van der Waals surface area contributed by atoms with E-state index in [4.69, 9.17) is 4.74 Å². The zero-order chi connectivity index (χ0) is 17.3. The highest BCUT2D eigenvalue weighted by Crippen LogP contribution is 2.27. The summed E-state index contributed by atoms with van der Waals surface area (Å²) >= 11 is 0. The van der Waals surface area contributed by atoms with Crippen LogP contribution in [-0.4, -0.2) is 45.3 Å². The predicted molar refractivity (Wildman–Crippen MR) is 83.2 cm³/mol. The summed E-state index contributed by atoms with van der Waals surface area (Å²) < 4.78 is 6.71. The van der Waals surface area contributed by atoms with Gasteiger partial charge in [0.2, 0.25) is 0 Å². The van der Waals surface area contributed by atoms with Crippen molar-refractivity contribution in [1.82, 2.24) is 4.68 Å². The number of ketones is 1. The number of para-hydroxylation sites is 1. The maximum absolute atomic E-state index is 12.2. The van der Waals surface area contributed by atoms with Crippen LogP contribution in [-0.2, 0) is 14.4 Å². The number of carboxylic acids is 1. The van der Waals surface area contributed by atoms with Crippen LogP contribution >= 0.6 is 0 Å². The number of aliphatic hydroxyl groups excluding tert-OH is 1. The minimum absolute atomic E-state index is 0.182. The van der Waals surface area contributed by atoms with E-state index in [1.54, 1.807) is 30.5 Å². The molecule has 0 aliphatic carbocycles. The lowest BCUT2D eigenvalue weighted by Crippen LogP contribution is -2.46. The number of hydrogen-bond donors (Lipinski definition) is 3. The third-order valence-electron chi connectivity index (χ3n) is 4.03. The molecule has 1 aliphatic rings. The number of hydrogen-bond acceptors (Lipinski definition) is 6. The fourth-order valence-corrected chi connectivity index (χ4v) is 2.80. The van der Waals surface area contributed by atoms with E-state index in [2.05, 4.69) is 5.43 Å². The van der Waals surface area contributed by atoms with E-state index in [0.717, 1.165) is 5.39 Å². The van der Waals surface area contributed by atoms with Crippen LogP contribution < -0.4 is 10.2 Å². The van der Waals surface area contributed by atoms with Crippen molar-refractivity contribution < 1.29 is 29.3 Å². The molecule has 8 nitrogen and oxygen atoms in total. The molecule has 3 N–H and O–H groups in total. The lowest BCUT2D eigenvalue weighted by Gasteiger charge is -2.23. The topological polar surface area (TPSA) is 118 Å². The second-order valence-corrected chi connectivity index (χ2v) is 5.55. The lowest BCUT2D eigenvalue weighted by molar-refractivity contribution is -0.143. The van der Waals surface area contributed by atoms with Gasteiger partial charge in [-0.15, -0.1) is 0 Å². The van der Waals surface area contributed by atoms with Crippen molar-refractivity contribution >= 4 is 28.6 Å². The van der Waals surface area contributed by atoms with E-state index in [0.29, 0.717) is 5.52 Å². The zero-order valence-electron chi connectivity index (χ0n) is 12.6. The van der Waals surface area contributed by atoms with Crippen LogP contribution in [0.3, 0.4) is 0 Å². The third kappa shape index (κ3) is 2.83. The normalized spacial score (nSPS) is 21.7. The van der Waals surface area contributed by atoms with Gasteiger partial charge in [0, 0.05) is 18.0 Å². The molecule has 0 spiro atoms. The number of nitrogens with zero attached hydrogens (tertiary/aromatic N) is 1. The Morgan fingerprint density at radius 2 is 2.08 bits per heavy atom. The second kappa shape index (κ2) is 6.32. The number of aliphatic hydroxyl groups is 1. The average Bonchev–Trinajstić information content (AvgIpc) is 2.95. The van der Waals surface area contributed by atoms with Crippen LogP contribution in [0.1, 0.15) is 12.8 Å². The van der Waals surface area contributed by atoms with E-state index < -0.39 is 36.3 Å². The van der Waals surface area contributed by atoms with Gasteiger partial charge in [0.1, 0.15) is 11.3 Å². The van der Waals surface area contributed by atoms with Crippen LogP contribution in [0.5, 0.6) is 5.75 Å². The number of rotatable bonds is 2. The Bertz CT molecular complexity index is 812. The van der Waals surface area contributed by atoms with Crippen LogP contribution in [0, 0.1) is 5.92 Å². The Kier molecular flexibility index (Phi) is 4.22. The summed E-state index contributed by atoms with van der Waals surface area (Å²) in [6, 6.07) is 5.48. The van der Waals surface area contributed by atoms with Crippen molar-refractivity contribution in [2.75, 3.05) is 12.0 Å². The summed E-state index contributed by atoms with van der Waals surface area (Å²) in [7, 11) is 0. The highest BCUT2D eigenvalue weighted by Gasteiger charge is 2.34. The molecule has 0 saturated carbocycles. The van der Waals surface area contributed by atoms with Crippen molar-refractivity contribution in [1.29, 1.82) is 0 Å². The number of carbonyl (C=O) groups excluding carboxylic acids is 2. The molecule has 126 valence electrons. The quantitative estimate of drug-likeness (QED) is 0.542. The van der Waals surface area contributed by atoms with Crippen molar-refractivity contribution in [3.05, 3.63) is 30.5 Å². The number of carbonyl (C=O) groups is 3. The zero-order valence-corrected chi connectivity index (χ0v) is 12.6. The monoisotopic (exact) mass is 332 g/mol. The first-order valence-electron chi connectivity index (χ1n) is 7.45. The van der Waals surface area contributed by atoms with E-state index >= 15 is 0 Å². The number of ether oxygens (including phenoxy) is 1. The molecule has 24 heavy (non-hydrogen) atoms. The third-order valence-corrected chi connectivity index (χ3v) is 4.03. The summed E-state index contributed by atoms with van der Waals surface area (Å²) in [6.07, 6.45) is 1.20. The second-order valence-electron chi connectivity index (χ2n) is 5.55. The highest BCUT2D eigenvalue weighted by atomic mass is 16.5. The summed E-state index contributed by atoms with van der Waals surface area (Å²) in [6.45, 7) is -0.635. The van der Waals surface area contributed by atoms with Gasteiger partial charge >= 0.3 is 11.9 Å². The molecule has 2 atom stereocenters. The largest absolute Gasteiger partial charge is 0.480 e. The molecule has 0 bridgehead atoms. The first kappa shape index (κ1) is 16.0. The molecule has 0 saturated heterocycles. The van der Waals surface area contributed by atoms with Gasteiger partial charge in [-0.3, -0.25) is 14.3 Å². The molecule has 0 radical (unpaired) electrons. The molecule has 8 heteroatoms. The van der Waals surface area contributed by atoms with Crippen molar-refractivity contribution in [3.63, 3.8) is 0 Å². The van der Waals surface area contributed by atoms with Crippen LogP contribution in [0.25, 0.3) is 10.9 Å². The van der Waals surface area contributed by atoms with Gasteiger partial charge in [-0.1, -0.05) is 12.1 Å². The summed E-state index contributed by atoms with van der Waals surface area (Å²) in [5.41, 5.74) is 3.22. The highest BCUT2D eigenvalue weighted by molar-refractivity contribution is 5.93. The maximum Gasteiger partial charge on any atom is 0.328 e. The number of carboxylic acid groups (broad SMARTS) is 1. The van der Waals surface area contributed by atoms with E-state index in [1.165, 1.54) is 4.68 Å². The van der Waals surface area contributed by atoms with Gasteiger partial charge in [0.25, 0.3) is 0 Å². The van der Waals surface area contributed by atoms with Gasteiger partial charge in [0.05, 0.1) is 18.9 Å². The Morgan fingerprint density at radius 3 is 2.79 bits per heavy atom. The van der Waals surface area contributed by atoms with E-state index in [-0.39, 0.29) is 18.6 Å². The number of aliphatic carboxylic acids is 1. The number of Topliss-reactive ketones (excluding diaryl/α,β-unsaturated/α-hetero) is 1. The molecule has 3 rings (SSSR count). The molecule has 1 aromatic heterocycles. The molecular weight excluding hydrogens is 316 g/mol. The molecule has 0 fully saturated rings. The fraction of sp³-hybridized carbons (Fsp3) is 0.312. The minimum Gasteiger partial charge on any atom is -0.480 e. The van der Waals surface area contributed by atoms with Gasteiger partial charge in [-0.25, -0.2) is 4.79 Å². The summed E-state index contributed by atoms with van der Waals surface area (Å²) in [4.78, 5) is 35.8. The number of nitrogens with one attached hydrogen (secondary N) is 1. The Hall–Kier alpha value is -2.87. The maximum atomic E-state index is 12.2. The molecule has 1 unspecified atom stereocenters. The Balaban J connectivity index is 2.13. The average molecular weight is 332 g/mol. The minimum atomic E-state index is -1.33. The van der Waals surface area contributed by atoms with Crippen molar-refractivity contribution in [2.45, 2.75) is 18.9 Å². The summed E-state index contributed by atoms with van der Waals surface area (Å²) in [5.74, 6) is -3.27. The molecule has 1 aliphatic heterocycles. The standard InChI is InChI=1S/C16H16N2O6/c19-8-10-11(20)4-5-13(21)24-12-3-1-2-9-6-7-18(15(9)12)17-14(10)16(22)23/h1-3,6-7,10,14,17,19H,4-5,8H2,(H,22,23)/t10?,14-/m1/s1. The van der Waals surface area contributed by atoms with E-state index in [9.17, 15) is 24.6 Å². The van der Waals surface area contributed by atoms with Crippen LogP contribution in [0.2, 0.25) is 0 Å². The Labute approximate surface area is 136 Å². The lowest BCUT2D eigenvalue weighted by atomic mass is 9.93. The SMILES string of the molecule is O=C1CCC(=O)C(CO)[C@H](C(=O)O)Nn2ccc3cccc(c32)O1. The predicted octanol–water partition coefficient (Wildman–Crippen LogP) is 0.515. The first-order valence-corrected chi connectivity index (χ1v) is 7.45.